The molecule has 0 aromatic rings. The molecule has 4 heteroatoms. The normalized spacial score (nSPS) is 17.6. The van der Waals surface area contributed by atoms with Gasteiger partial charge < -0.3 is 0 Å². The van der Waals surface area contributed by atoms with E-state index >= 15 is 0 Å². The fourth-order valence-electron chi connectivity index (χ4n) is 0.455. The average molecular weight is 178 g/mol. The summed E-state index contributed by atoms with van der Waals surface area (Å²) in [5, 5.41) is 3.13. The zero-order valence-electron chi connectivity index (χ0n) is 4.48. The number of hydrazine groups is 1. The standard InChI is InChI=1S/C4H9N3Se/c5-7-4(8)6-3-1-2-3/h3H,1-2,5H2,(H2,6,7,8). The summed E-state index contributed by atoms with van der Waals surface area (Å²) in [6, 6.07) is 0.669. The molecular weight excluding hydrogens is 169 g/mol. The second-order valence-corrected chi connectivity index (χ2v) is 2.75. The van der Waals surface area contributed by atoms with Crippen LogP contribution in [0.25, 0.3) is 0 Å². The molecule has 1 aliphatic rings. The maximum absolute atomic E-state index is 5.07. The van der Waals surface area contributed by atoms with Gasteiger partial charge in [0.05, 0.1) is 0 Å². The van der Waals surface area contributed by atoms with Gasteiger partial charge in [-0.15, -0.1) is 0 Å². The third-order valence-corrected chi connectivity index (χ3v) is 1.54. The number of hydrogen-bond donors (Lipinski definition) is 3. The predicted octanol–water partition coefficient (Wildman–Crippen LogP) is -1.54. The maximum atomic E-state index is 5.07. The Morgan fingerprint density at radius 3 is 2.62 bits per heavy atom. The van der Waals surface area contributed by atoms with Gasteiger partial charge in [0.1, 0.15) is 0 Å². The first-order valence-corrected chi connectivity index (χ1v) is 3.45. The predicted molar refractivity (Wildman–Crippen MR) is 34.2 cm³/mol. The molecular formula is C4H9N3Se. The molecule has 0 bridgehead atoms. The summed E-state index contributed by atoms with van der Waals surface area (Å²) >= 11 is 2.77. The van der Waals surface area contributed by atoms with Crippen LogP contribution in [0.2, 0.25) is 0 Å². The summed E-state index contributed by atoms with van der Waals surface area (Å²) < 4.78 is 0.840. The molecule has 46 valence electrons. The van der Waals surface area contributed by atoms with E-state index < -0.39 is 0 Å². The molecule has 0 spiro atoms. The van der Waals surface area contributed by atoms with Gasteiger partial charge in [-0.3, -0.25) is 0 Å². The molecule has 1 rings (SSSR count). The number of nitrogens with two attached hydrogens (primary N) is 1. The monoisotopic (exact) mass is 179 g/mol. The Morgan fingerprint density at radius 1 is 1.62 bits per heavy atom. The zero-order valence-corrected chi connectivity index (χ0v) is 6.19. The fraction of sp³-hybridized carbons (Fsp3) is 0.750. The third kappa shape index (κ3) is 1.82. The first kappa shape index (κ1) is 6.08. The Labute approximate surface area is 56.3 Å². The van der Waals surface area contributed by atoms with Gasteiger partial charge >= 0.3 is 55.7 Å². The second-order valence-electron chi connectivity index (χ2n) is 1.89. The molecule has 0 atom stereocenters. The van der Waals surface area contributed by atoms with Crippen molar-refractivity contribution < 1.29 is 0 Å². The Balaban J connectivity index is 2.07. The van der Waals surface area contributed by atoms with E-state index in [0.717, 1.165) is 4.67 Å². The quantitative estimate of drug-likeness (QED) is 0.279. The molecule has 1 saturated carbocycles. The molecule has 8 heavy (non-hydrogen) atoms. The first-order chi connectivity index (χ1) is 3.83. The van der Waals surface area contributed by atoms with Gasteiger partial charge in [0, 0.05) is 0 Å². The molecule has 0 amide bonds. The molecule has 4 N–H and O–H groups in total. The first-order valence-electron chi connectivity index (χ1n) is 2.60. The van der Waals surface area contributed by atoms with Gasteiger partial charge in [0.15, 0.2) is 0 Å². The molecule has 0 radical (unpaired) electrons. The SMILES string of the molecule is NNC(=[Se])NC1CC1. The van der Waals surface area contributed by atoms with E-state index in [9.17, 15) is 0 Å². The van der Waals surface area contributed by atoms with Crippen molar-refractivity contribution in [1.82, 2.24) is 10.7 Å². The van der Waals surface area contributed by atoms with E-state index in [2.05, 4.69) is 26.3 Å². The fourth-order valence-corrected chi connectivity index (χ4v) is 0.804. The second kappa shape index (κ2) is 2.48. The Bertz CT molecular complexity index is 99.5. The Morgan fingerprint density at radius 2 is 2.25 bits per heavy atom. The molecule has 0 unspecified atom stereocenters. The summed E-state index contributed by atoms with van der Waals surface area (Å²) in [7, 11) is 0. The van der Waals surface area contributed by atoms with E-state index in [1.54, 1.807) is 0 Å². The molecule has 0 heterocycles. The average Bonchev–Trinajstić information content (AvgIpc) is 2.50. The minimum atomic E-state index is 0.669. The molecule has 1 aliphatic carbocycles. The van der Waals surface area contributed by atoms with Gasteiger partial charge in [-0.05, 0) is 0 Å². The van der Waals surface area contributed by atoms with Gasteiger partial charge in [0.2, 0.25) is 0 Å². The van der Waals surface area contributed by atoms with Crippen LogP contribution >= 0.6 is 0 Å². The molecule has 0 aliphatic heterocycles. The van der Waals surface area contributed by atoms with Crippen molar-refractivity contribution in [2.24, 2.45) is 5.84 Å². The molecule has 3 nitrogen and oxygen atoms in total. The zero-order chi connectivity index (χ0) is 5.98. The summed E-state index contributed by atoms with van der Waals surface area (Å²) in [4.78, 5) is 0. The number of rotatable bonds is 3. The van der Waals surface area contributed by atoms with E-state index in [-0.39, 0.29) is 0 Å². The van der Waals surface area contributed by atoms with Crippen molar-refractivity contribution in [3.8, 4) is 0 Å². The van der Waals surface area contributed by atoms with E-state index in [1.165, 1.54) is 12.8 Å². The van der Waals surface area contributed by atoms with Crippen LogP contribution in [0, 0.1) is 0 Å². The van der Waals surface area contributed by atoms with Gasteiger partial charge in [-0.1, -0.05) is 0 Å². The summed E-state index contributed by atoms with van der Waals surface area (Å²) in [6.07, 6.45) is 2.54. The van der Waals surface area contributed by atoms with Crippen molar-refractivity contribution in [2.45, 2.75) is 18.9 Å². The molecule has 0 aromatic heterocycles. The number of hydrogen-bond acceptors (Lipinski definition) is 3. The summed E-state index contributed by atoms with van der Waals surface area (Å²) in [5.74, 6) is 5.07. The van der Waals surface area contributed by atoms with Crippen molar-refractivity contribution in [2.75, 3.05) is 0 Å². The summed E-state index contributed by atoms with van der Waals surface area (Å²) in [5.41, 5.74) is 2.49. The van der Waals surface area contributed by atoms with E-state index in [4.69, 9.17) is 5.84 Å². The van der Waals surface area contributed by atoms with Crippen LogP contribution in [0.1, 0.15) is 12.8 Å². The van der Waals surface area contributed by atoms with Crippen molar-refractivity contribution in [3.63, 3.8) is 0 Å². The van der Waals surface area contributed by atoms with Crippen molar-refractivity contribution in [1.29, 1.82) is 0 Å². The summed E-state index contributed by atoms with van der Waals surface area (Å²) in [6.45, 7) is 0. The van der Waals surface area contributed by atoms with Crippen molar-refractivity contribution >= 4 is 20.2 Å². The van der Waals surface area contributed by atoms with Crippen LogP contribution < -0.4 is 16.6 Å². The van der Waals surface area contributed by atoms with E-state index in [0.29, 0.717) is 6.04 Å². The molecule has 1 fully saturated rings. The van der Waals surface area contributed by atoms with Gasteiger partial charge in [0.25, 0.3) is 0 Å². The van der Waals surface area contributed by atoms with Crippen molar-refractivity contribution in [3.05, 3.63) is 0 Å². The van der Waals surface area contributed by atoms with Crippen LogP contribution in [-0.4, -0.2) is 26.3 Å². The Kier molecular flexibility index (Phi) is 1.89. The minimum absolute atomic E-state index is 0.669. The third-order valence-electron chi connectivity index (χ3n) is 1.04. The van der Waals surface area contributed by atoms with E-state index in [1.807, 2.05) is 0 Å². The van der Waals surface area contributed by atoms with Gasteiger partial charge in [-0.25, -0.2) is 0 Å². The topological polar surface area (TPSA) is 50.1 Å². The number of nitrogens with one attached hydrogen (secondary N) is 2. The molecule has 0 saturated heterocycles. The van der Waals surface area contributed by atoms with Crippen LogP contribution in [0.3, 0.4) is 0 Å². The van der Waals surface area contributed by atoms with Crippen LogP contribution in [0.4, 0.5) is 0 Å². The Hall–Kier alpha value is -0.0505. The van der Waals surface area contributed by atoms with Gasteiger partial charge in [-0.2, -0.15) is 0 Å². The van der Waals surface area contributed by atoms with Crippen LogP contribution in [0.15, 0.2) is 0 Å². The van der Waals surface area contributed by atoms with Crippen LogP contribution in [0.5, 0.6) is 0 Å². The molecule has 0 aromatic carbocycles. The van der Waals surface area contributed by atoms with Crippen LogP contribution in [-0.2, 0) is 0 Å².